The zero-order valence-corrected chi connectivity index (χ0v) is 18.3. The average molecular weight is 466 g/mol. The maximum absolute atomic E-state index is 13.6. The number of benzene rings is 2. The van der Waals surface area contributed by atoms with E-state index in [4.69, 9.17) is 21.6 Å². The van der Waals surface area contributed by atoms with Crippen LogP contribution in [0.2, 0.25) is 5.02 Å². The molecule has 1 heterocycles. The number of nitrogens with zero attached hydrogens (tertiary/aromatic N) is 3. The van der Waals surface area contributed by atoms with E-state index in [0.29, 0.717) is 37.4 Å². The lowest BCUT2D eigenvalue weighted by atomic mass is 10.0. The predicted molar refractivity (Wildman–Crippen MR) is 115 cm³/mol. The minimum atomic E-state index is -4.48. The lowest BCUT2D eigenvalue weighted by Gasteiger charge is -2.32. The van der Waals surface area contributed by atoms with E-state index in [-0.39, 0.29) is 35.7 Å². The summed E-state index contributed by atoms with van der Waals surface area (Å²) in [5.41, 5.74) is 0.367. The third-order valence-electron chi connectivity index (χ3n) is 5.41. The van der Waals surface area contributed by atoms with Crippen LogP contribution in [-0.4, -0.2) is 43.2 Å². The van der Waals surface area contributed by atoms with Crippen molar-refractivity contribution in [3.8, 4) is 6.07 Å². The zero-order chi connectivity index (χ0) is 23.3. The third kappa shape index (κ3) is 5.72. The zero-order valence-electron chi connectivity index (χ0n) is 17.5. The molecule has 0 aliphatic carbocycles. The van der Waals surface area contributed by atoms with Crippen molar-refractivity contribution in [2.24, 2.45) is 0 Å². The second kappa shape index (κ2) is 10.2. The number of nitriles is 1. The van der Waals surface area contributed by atoms with Gasteiger partial charge in [0, 0.05) is 31.4 Å². The van der Waals surface area contributed by atoms with Crippen molar-refractivity contribution >= 4 is 23.3 Å². The van der Waals surface area contributed by atoms with Crippen molar-refractivity contribution in [1.29, 1.82) is 5.26 Å². The van der Waals surface area contributed by atoms with E-state index in [1.54, 1.807) is 31.2 Å². The van der Waals surface area contributed by atoms with Crippen molar-refractivity contribution in [3.63, 3.8) is 0 Å². The lowest BCUT2D eigenvalue weighted by molar-refractivity contribution is -0.144. The van der Waals surface area contributed by atoms with Crippen LogP contribution in [-0.2, 0) is 22.3 Å². The fraction of sp³-hybridized carbons (Fsp3) is 0.391. The summed E-state index contributed by atoms with van der Waals surface area (Å²) in [5, 5.41) is 9.40. The molecule has 2 aromatic rings. The van der Waals surface area contributed by atoms with Gasteiger partial charge in [0.15, 0.2) is 0 Å². The van der Waals surface area contributed by atoms with Crippen molar-refractivity contribution in [3.05, 3.63) is 64.2 Å². The highest BCUT2D eigenvalue weighted by molar-refractivity contribution is 6.32. The van der Waals surface area contributed by atoms with Gasteiger partial charge in [-0.15, -0.1) is 0 Å². The summed E-state index contributed by atoms with van der Waals surface area (Å²) in [4.78, 5) is 15.6. The first kappa shape index (κ1) is 23.9. The normalized spacial score (nSPS) is 16.6. The van der Waals surface area contributed by atoms with Crippen LogP contribution in [0.25, 0.3) is 0 Å². The summed E-state index contributed by atoms with van der Waals surface area (Å²) in [6, 6.07) is 12.2. The summed E-state index contributed by atoms with van der Waals surface area (Å²) in [6.45, 7) is 3.27. The van der Waals surface area contributed by atoms with Crippen LogP contribution >= 0.6 is 11.6 Å². The van der Waals surface area contributed by atoms with Crippen LogP contribution in [0.1, 0.15) is 30.0 Å². The van der Waals surface area contributed by atoms with Gasteiger partial charge >= 0.3 is 12.1 Å². The molecule has 170 valence electrons. The van der Waals surface area contributed by atoms with Crippen LogP contribution in [0.5, 0.6) is 0 Å². The maximum Gasteiger partial charge on any atom is 0.416 e. The number of carbonyl (C=O) groups excluding carboxylic acids is 1. The molecule has 2 aromatic carbocycles. The molecular formula is C23H23ClF3N3O2. The van der Waals surface area contributed by atoms with Gasteiger partial charge in [-0.25, -0.2) is 0 Å². The van der Waals surface area contributed by atoms with Gasteiger partial charge < -0.3 is 9.64 Å². The summed E-state index contributed by atoms with van der Waals surface area (Å²) in [5.74, 6) is -0.330. The van der Waals surface area contributed by atoms with Crippen LogP contribution in [0.4, 0.5) is 18.9 Å². The highest BCUT2D eigenvalue weighted by Gasteiger charge is 2.35. The summed E-state index contributed by atoms with van der Waals surface area (Å²) in [6.07, 6.45) is -3.82. The molecule has 32 heavy (non-hydrogen) atoms. The molecule has 0 spiro atoms. The van der Waals surface area contributed by atoms with Crippen LogP contribution < -0.4 is 4.90 Å². The average Bonchev–Trinajstić information content (AvgIpc) is 3.19. The molecule has 0 amide bonds. The van der Waals surface area contributed by atoms with Crippen molar-refractivity contribution < 1.29 is 22.7 Å². The molecule has 9 heteroatoms. The molecule has 0 radical (unpaired) electrons. The van der Waals surface area contributed by atoms with Crippen LogP contribution in [0.15, 0.2) is 42.5 Å². The topological polar surface area (TPSA) is 56.6 Å². The van der Waals surface area contributed by atoms with Gasteiger partial charge in [0.2, 0.25) is 0 Å². The van der Waals surface area contributed by atoms with Gasteiger partial charge in [-0.2, -0.15) is 18.4 Å². The van der Waals surface area contributed by atoms with Crippen LogP contribution in [0, 0.1) is 11.3 Å². The highest BCUT2D eigenvalue weighted by Crippen LogP contribution is 2.35. The number of esters is 1. The SMILES string of the molecule is CCOC(=O)CN1CC[C@H](N(Cc2ccccc2C(F)(F)F)c2ccc(C#N)c(Cl)c2)C1. The number of halogens is 4. The monoisotopic (exact) mass is 465 g/mol. The second-order valence-electron chi connectivity index (χ2n) is 7.54. The summed E-state index contributed by atoms with van der Waals surface area (Å²) in [7, 11) is 0. The first-order valence-electron chi connectivity index (χ1n) is 10.2. The molecule has 1 aliphatic rings. The Bertz CT molecular complexity index is 1010. The van der Waals surface area contributed by atoms with Gasteiger partial charge in [0.25, 0.3) is 0 Å². The molecule has 0 unspecified atom stereocenters. The molecule has 3 rings (SSSR count). The number of carbonyl (C=O) groups is 1. The largest absolute Gasteiger partial charge is 0.465 e. The third-order valence-corrected chi connectivity index (χ3v) is 5.73. The smallest absolute Gasteiger partial charge is 0.416 e. The Labute approximate surface area is 189 Å². The number of hydrogen-bond donors (Lipinski definition) is 0. The maximum atomic E-state index is 13.6. The minimum absolute atomic E-state index is 0.00975. The van der Waals surface area contributed by atoms with Crippen molar-refractivity contribution in [1.82, 2.24) is 4.90 Å². The number of likely N-dealkylation sites (tertiary alicyclic amines) is 1. The first-order valence-corrected chi connectivity index (χ1v) is 10.6. The Kier molecular flexibility index (Phi) is 7.64. The molecule has 1 saturated heterocycles. The highest BCUT2D eigenvalue weighted by atomic mass is 35.5. The minimum Gasteiger partial charge on any atom is -0.465 e. The van der Waals surface area contributed by atoms with E-state index in [1.807, 2.05) is 15.9 Å². The Hall–Kier alpha value is -2.76. The van der Waals surface area contributed by atoms with E-state index in [0.717, 1.165) is 6.07 Å². The number of rotatable bonds is 7. The molecule has 1 fully saturated rings. The summed E-state index contributed by atoms with van der Waals surface area (Å²) < 4.78 is 45.8. The van der Waals surface area contributed by atoms with Crippen molar-refractivity contribution in [2.75, 3.05) is 31.1 Å². The van der Waals surface area contributed by atoms with Crippen LogP contribution in [0.3, 0.4) is 0 Å². The second-order valence-corrected chi connectivity index (χ2v) is 7.95. The molecule has 0 bridgehead atoms. The van der Waals surface area contributed by atoms with Gasteiger partial charge in [0.1, 0.15) is 6.07 Å². The molecule has 0 aromatic heterocycles. The van der Waals surface area contributed by atoms with E-state index in [2.05, 4.69) is 0 Å². The van der Waals surface area contributed by atoms with E-state index < -0.39 is 11.7 Å². The number of alkyl halides is 3. The van der Waals surface area contributed by atoms with Gasteiger partial charge in [-0.3, -0.25) is 9.69 Å². The fourth-order valence-corrected chi connectivity index (χ4v) is 4.14. The predicted octanol–water partition coefficient (Wildman–Crippen LogP) is 4.87. The molecule has 5 nitrogen and oxygen atoms in total. The quantitative estimate of drug-likeness (QED) is 0.546. The molecule has 0 saturated carbocycles. The lowest BCUT2D eigenvalue weighted by Crippen LogP contribution is -2.39. The molecular weight excluding hydrogens is 443 g/mol. The molecule has 0 N–H and O–H groups in total. The van der Waals surface area contributed by atoms with E-state index in [1.165, 1.54) is 12.1 Å². The Balaban J connectivity index is 1.91. The molecule has 1 atom stereocenters. The molecule has 1 aliphatic heterocycles. The number of anilines is 1. The standard InChI is InChI=1S/C23H23ClF3N3O2/c1-2-32-22(31)15-29-10-9-19(14-29)30(18-8-7-16(12-28)21(24)11-18)13-17-5-3-4-6-20(17)23(25,26)27/h3-8,11,19H,2,9-10,13-15H2,1H3/t19-/m0/s1. The van der Waals surface area contributed by atoms with Gasteiger partial charge in [-0.1, -0.05) is 29.8 Å². The van der Waals surface area contributed by atoms with E-state index in [9.17, 15) is 18.0 Å². The summed E-state index contributed by atoms with van der Waals surface area (Å²) >= 11 is 6.22. The fourth-order valence-electron chi connectivity index (χ4n) is 3.92. The number of ether oxygens (including phenoxy) is 1. The first-order chi connectivity index (χ1) is 15.2. The Morgan fingerprint density at radius 2 is 2.06 bits per heavy atom. The van der Waals surface area contributed by atoms with Gasteiger partial charge in [-0.05, 0) is 43.2 Å². The Morgan fingerprint density at radius 3 is 2.72 bits per heavy atom. The van der Waals surface area contributed by atoms with Crippen molar-refractivity contribution in [2.45, 2.75) is 32.1 Å². The Morgan fingerprint density at radius 1 is 1.31 bits per heavy atom. The van der Waals surface area contributed by atoms with E-state index >= 15 is 0 Å². The number of hydrogen-bond acceptors (Lipinski definition) is 5. The van der Waals surface area contributed by atoms with Gasteiger partial charge in [0.05, 0.1) is 29.3 Å².